The predicted molar refractivity (Wildman–Crippen MR) is 121 cm³/mol. The van der Waals surface area contributed by atoms with Gasteiger partial charge in [-0.25, -0.2) is 0 Å². The van der Waals surface area contributed by atoms with Crippen molar-refractivity contribution in [1.29, 1.82) is 0 Å². The SMILES string of the molecule is CCOc1ccc(/C=C/C(=O)Nc2cccc(C(=O)N(C)c3ccccc3)c2)cc1. The molecule has 0 spiro atoms. The minimum atomic E-state index is -0.273. The van der Waals surface area contributed by atoms with E-state index in [2.05, 4.69) is 5.32 Å². The number of hydrogen-bond donors (Lipinski definition) is 1. The number of carbonyl (C=O) groups is 2. The molecular weight excluding hydrogens is 376 g/mol. The monoisotopic (exact) mass is 400 g/mol. The van der Waals surface area contributed by atoms with E-state index in [0.717, 1.165) is 17.0 Å². The Bertz CT molecular complexity index is 1030. The van der Waals surface area contributed by atoms with Crippen molar-refractivity contribution in [2.75, 3.05) is 23.9 Å². The van der Waals surface area contributed by atoms with Gasteiger partial charge >= 0.3 is 0 Å². The quantitative estimate of drug-likeness (QED) is 0.567. The summed E-state index contributed by atoms with van der Waals surface area (Å²) in [6.07, 6.45) is 3.18. The van der Waals surface area contributed by atoms with E-state index in [-0.39, 0.29) is 11.8 Å². The highest BCUT2D eigenvalue weighted by atomic mass is 16.5. The summed E-state index contributed by atoms with van der Waals surface area (Å²) in [5.41, 5.74) is 2.75. The van der Waals surface area contributed by atoms with Gasteiger partial charge in [-0.15, -0.1) is 0 Å². The van der Waals surface area contributed by atoms with Gasteiger partial charge < -0.3 is 15.0 Å². The number of carbonyl (C=O) groups excluding carboxylic acids is 2. The summed E-state index contributed by atoms with van der Waals surface area (Å²) in [4.78, 5) is 26.6. The molecule has 0 aromatic heterocycles. The molecule has 0 bridgehead atoms. The molecule has 1 N–H and O–H groups in total. The zero-order chi connectivity index (χ0) is 21.3. The van der Waals surface area contributed by atoms with E-state index in [1.165, 1.54) is 6.08 Å². The van der Waals surface area contributed by atoms with E-state index >= 15 is 0 Å². The second-order valence-corrected chi connectivity index (χ2v) is 6.61. The van der Waals surface area contributed by atoms with Crippen LogP contribution in [0.15, 0.2) is 84.9 Å². The Morgan fingerprint density at radius 1 is 0.967 bits per heavy atom. The first-order valence-corrected chi connectivity index (χ1v) is 9.72. The third kappa shape index (κ3) is 5.58. The highest BCUT2D eigenvalue weighted by molar-refractivity contribution is 6.07. The van der Waals surface area contributed by atoms with Crippen molar-refractivity contribution in [3.05, 3.63) is 96.1 Å². The van der Waals surface area contributed by atoms with Gasteiger partial charge in [0.15, 0.2) is 0 Å². The maximum absolute atomic E-state index is 12.8. The van der Waals surface area contributed by atoms with E-state index in [1.807, 2.05) is 61.5 Å². The van der Waals surface area contributed by atoms with Crippen molar-refractivity contribution >= 4 is 29.3 Å². The van der Waals surface area contributed by atoms with Gasteiger partial charge in [0.2, 0.25) is 5.91 Å². The fraction of sp³-hybridized carbons (Fsp3) is 0.120. The molecule has 0 radical (unpaired) electrons. The van der Waals surface area contributed by atoms with Crippen molar-refractivity contribution < 1.29 is 14.3 Å². The molecule has 0 unspecified atom stereocenters. The van der Waals surface area contributed by atoms with Crippen LogP contribution in [0.2, 0.25) is 0 Å². The molecule has 2 amide bonds. The second kappa shape index (κ2) is 10.1. The van der Waals surface area contributed by atoms with Crippen LogP contribution >= 0.6 is 0 Å². The Morgan fingerprint density at radius 3 is 2.40 bits per heavy atom. The summed E-state index contributed by atoms with van der Waals surface area (Å²) < 4.78 is 5.41. The molecule has 0 atom stereocenters. The van der Waals surface area contributed by atoms with Crippen molar-refractivity contribution in [2.45, 2.75) is 6.92 Å². The summed E-state index contributed by atoms with van der Waals surface area (Å²) in [5.74, 6) is 0.369. The van der Waals surface area contributed by atoms with E-state index < -0.39 is 0 Å². The maximum atomic E-state index is 12.8. The summed E-state index contributed by atoms with van der Waals surface area (Å²) in [6.45, 7) is 2.54. The summed E-state index contributed by atoms with van der Waals surface area (Å²) >= 11 is 0. The summed E-state index contributed by atoms with van der Waals surface area (Å²) in [6, 6.07) is 23.8. The Kier molecular flexibility index (Phi) is 7.00. The van der Waals surface area contributed by atoms with Crippen LogP contribution in [0.5, 0.6) is 5.75 Å². The van der Waals surface area contributed by atoms with Gasteiger partial charge in [-0.2, -0.15) is 0 Å². The number of anilines is 2. The first kappa shape index (κ1) is 20.9. The summed E-state index contributed by atoms with van der Waals surface area (Å²) in [5, 5.41) is 2.80. The minimum Gasteiger partial charge on any atom is -0.494 e. The molecule has 0 aliphatic heterocycles. The van der Waals surface area contributed by atoms with Gasteiger partial charge in [0, 0.05) is 30.1 Å². The summed E-state index contributed by atoms with van der Waals surface area (Å²) in [7, 11) is 1.72. The maximum Gasteiger partial charge on any atom is 0.258 e. The van der Waals surface area contributed by atoms with Crippen LogP contribution in [-0.2, 0) is 4.79 Å². The van der Waals surface area contributed by atoms with Crippen molar-refractivity contribution in [1.82, 2.24) is 0 Å². The lowest BCUT2D eigenvalue weighted by atomic mass is 10.1. The van der Waals surface area contributed by atoms with Crippen molar-refractivity contribution in [2.24, 2.45) is 0 Å². The van der Waals surface area contributed by atoms with E-state index in [4.69, 9.17) is 4.74 Å². The first-order valence-electron chi connectivity index (χ1n) is 9.72. The molecule has 5 heteroatoms. The number of amides is 2. The lowest BCUT2D eigenvalue weighted by Gasteiger charge is -2.17. The van der Waals surface area contributed by atoms with E-state index in [9.17, 15) is 9.59 Å². The van der Waals surface area contributed by atoms with Crippen LogP contribution in [0.1, 0.15) is 22.8 Å². The number of ether oxygens (including phenoxy) is 1. The largest absolute Gasteiger partial charge is 0.494 e. The van der Waals surface area contributed by atoms with Gasteiger partial charge in [-0.05, 0) is 61.0 Å². The highest BCUT2D eigenvalue weighted by Gasteiger charge is 2.13. The van der Waals surface area contributed by atoms with Crippen LogP contribution in [0, 0.1) is 0 Å². The zero-order valence-electron chi connectivity index (χ0n) is 17.0. The van der Waals surface area contributed by atoms with Gasteiger partial charge in [0.1, 0.15) is 5.75 Å². The van der Waals surface area contributed by atoms with Crippen LogP contribution in [0.4, 0.5) is 11.4 Å². The zero-order valence-corrected chi connectivity index (χ0v) is 17.0. The smallest absolute Gasteiger partial charge is 0.258 e. The van der Waals surface area contributed by atoms with Gasteiger partial charge in [0.05, 0.1) is 6.61 Å². The Hall–Kier alpha value is -3.86. The van der Waals surface area contributed by atoms with Crippen LogP contribution in [-0.4, -0.2) is 25.5 Å². The molecule has 30 heavy (non-hydrogen) atoms. The number of nitrogens with one attached hydrogen (secondary N) is 1. The van der Waals surface area contributed by atoms with Crippen LogP contribution < -0.4 is 15.0 Å². The van der Waals surface area contributed by atoms with Crippen molar-refractivity contribution in [3.8, 4) is 5.75 Å². The number of benzene rings is 3. The number of rotatable bonds is 7. The highest BCUT2D eigenvalue weighted by Crippen LogP contribution is 2.18. The van der Waals surface area contributed by atoms with E-state index in [0.29, 0.717) is 17.9 Å². The molecule has 0 aliphatic carbocycles. The molecule has 3 aromatic carbocycles. The Morgan fingerprint density at radius 2 is 1.70 bits per heavy atom. The molecule has 3 rings (SSSR count). The van der Waals surface area contributed by atoms with Gasteiger partial charge in [-0.1, -0.05) is 36.4 Å². The van der Waals surface area contributed by atoms with Crippen LogP contribution in [0.25, 0.3) is 6.08 Å². The normalized spacial score (nSPS) is 10.6. The average Bonchev–Trinajstić information content (AvgIpc) is 2.78. The molecule has 0 saturated heterocycles. The minimum absolute atomic E-state index is 0.151. The average molecular weight is 400 g/mol. The third-order valence-electron chi connectivity index (χ3n) is 4.44. The van der Waals surface area contributed by atoms with E-state index in [1.54, 1.807) is 42.3 Å². The predicted octanol–water partition coefficient (Wildman–Crippen LogP) is 5.01. The Balaban J connectivity index is 1.64. The van der Waals surface area contributed by atoms with Gasteiger partial charge in [0.25, 0.3) is 5.91 Å². The lowest BCUT2D eigenvalue weighted by Crippen LogP contribution is -2.26. The standard InChI is InChI=1S/C25H24N2O3/c1-3-30-23-15-12-19(13-16-23)14-17-24(28)26-21-9-7-8-20(18-21)25(29)27(2)22-10-5-4-6-11-22/h4-18H,3H2,1-2H3,(H,26,28)/b17-14+. The topological polar surface area (TPSA) is 58.6 Å². The molecular formula is C25H24N2O3. The molecule has 5 nitrogen and oxygen atoms in total. The number of nitrogens with zero attached hydrogens (tertiary/aromatic N) is 1. The molecule has 152 valence electrons. The molecule has 0 aliphatic rings. The second-order valence-electron chi connectivity index (χ2n) is 6.61. The molecule has 0 saturated carbocycles. The molecule has 0 fully saturated rings. The fourth-order valence-corrected chi connectivity index (χ4v) is 2.89. The third-order valence-corrected chi connectivity index (χ3v) is 4.44. The number of hydrogen-bond acceptors (Lipinski definition) is 3. The number of para-hydroxylation sites is 1. The fourth-order valence-electron chi connectivity index (χ4n) is 2.89. The molecule has 3 aromatic rings. The lowest BCUT2D eigenvalue weighted by molar-refractivity contribution is -0.111. The van der Waals surface area contributed by atoms with Gasteiger partial charge in [-0.3, -0.25) is 9.59 Å². The Labute approximate surface area is 176 Å². The first-order chi connectivity index (χ1) is 14.6. The molecule has 0 heterocycles. The van der Waals surface area contributed by atoms with Crippen molar-refractivity contribution in [3.63, 3.8) is 0 Å². The van der Waals surface area contributed by atoms with Crippen LogP contribution in [0.3, 0.4) is 0 Å².